The Kier molecular flexibility index (Phi) is 18.9. The van der Waals surface area contributed by atoms with E-state index in [9.17, 15) is 4.79 Å². The molecule has 0 aliphatic heterocycles. The van der Waals surface area contributed by atoms with Crippen LogP contribution in [-0.4, -0.2) is 17.7 Å². The van der Waals surface area contributed by atoms with Crippen LogP contribution in [0, 0.1) is 0 Å². The Morgan fingerprint density at radius 1 is 0.571 bits per heavy atom. The smallest absolute Gasteiger partial charge is 0.120 e. The van der Waals surface area contributed by atoms with Crippen LogP contribution in [0.15, 0.2) is 6.08 Å². The molecule has 0 spiro atoms. The second kappa shape index (κ2) is 19.4. The van der Waals surface area contributed by atoms with Gasteiger partial charge in [0, 0.05) is 6.61 Å². The molecule has 0 unspecified atom stereocenters. The largest absolute Gasteiger partial charge is 0.396 e. The minimum Gasteiger partial charge on any atom is -0.396 e. The highest BCUT2D eigenvalue weighted by Crippen LogP contribution is 2.13. The summed E-state index contributed by atoms with van der Waals surface area (Å²) >= 11 is 0. The van der Waals surface area contributed by atoms with Crippen LogP contribution < -0.4 is 0 Å². The van der Waals surface area contributed by atoms with Gasteiger partial charge in [-0.15, -0.1) is 0 Å². The topological polar surface area (TPSA) is 37.3 Å². The molecule has 0 aromatic rings. The molecular formula is C19H36O2. The van der Waals surface area contributed by atoms with Crippen molar-refractivity contribution in [2.24, 2.45) is 0 Å². The number of aliphatic hydroxyl groups is 1. The zero-order valence-corrected chi connectivity index (χ0v) is 14.0. The van der Waals surface area contributed by atoms with E-state index in [2.05, 4.69) is 0 Å². The standard InChI is InChI=1S/C19H36O2/c20-18-16-14-12-10-8-6-4-2-1-3-5-7-9-11-13-15-17-19-21/h16,21H,1-15,17,19H2. The Balaban J connectivity index is 2.94. The lowest BCUT2D eigenvalue weighted by atomic mass is 10.0. The summed E-state index contributed by atoms with van der Waals surface area (Å²) in [6.45, 7) is 0.357. The molecular weight excluding hydrogens is 260 g/mol. The number of carbonyl (C=O) groups excluding carboxylic acids is 1. The van der Waals surface area contributed by atoms with Crippen molar-refractivity contribution in [2.45, 2.75) is 103 Å². The number of allylic oxidation sites excluding steroid dienone is 1. The summed E-state index contributed by atoms with van der Waals surface area (Å²) in [4.78, 5) is 9.98. The van der Waals surface area contributed by atoms with Crippen molar-refractivity contribution in [3.63, 3.8) is 0 Å². The first-order chi connectivity index (χ1) is 10.4. The average Bonchev–Trinajstić information content (AvgIpc) is 2.50. The maximum atomic E-state index is 9.98. The van der Waals surface area contributed by atoms with Crippen molar-refractivity contribution in [3.8, 4) is 0 Å². The number of rotatable bonds is 17. The number of unbranched alkanes of at least 4 members (excludes halogenated alkanes) is 15. The van der Waals surface area contributed by atoms with Gasteiger partial charge in [0.1, 0.15) is 5.94 Å². The van der Waals surface area contributed by atoms with Gasteiger partial charge in [-0.2, -0.15) is 0 Å². The van der Waals surface area contributed by atoms with Gasteiger partial charge < -0.3 is 5.11 Å². The Labute approximate surface area is 132 Å². The molecule has 0 radical (unpaired) electrons. The van der Waals surface area contributed by atoms with E-state index >= 15 is 0 Å². The summed E-state index contributed by atoms with van der Waals surface area (Å²) in [6.07, 6.45) is 22.2. The monoisotopic (exact) mass is 296 g/mol. The van der Waals surface area contributed by atoms with E-state index < -0.39 is 0 Å². The van der Waals surface area contributed by atoms with Crippen molar-refractivity contribution < 1.29 is 9.90 Å². The van der Waals surface area contributed by atoms with Gasteiger partial charge in [-0.25, -0.2) is 4.79 Å². The van der Waals surface area contributed by atoms with Crippen LogP contribution >= 0.6 is 0 Å². The molecule has 0 saturated heterocycles. The minimum atomic E-state index is 0.357. The highest BCUT2D eigenvalue weighted by atomic mass is 16.2. The van der Waals surface area contributed by atoms with E-state index in [-0.39, 0.29) is 0 Å². The SMILES string of the molecule is O=C=CCCCCCCCCCCCCCCCCCO. The van der Waals surface area contributed by atoms with Gasteiger partial charge >= 0.3 is 0 Å². The Bertz CT molecular complexity index is 232. The van der Waals surface area contributed by atoms with Crippen LogP contribution in [-0.2, 0) is 4.79 Å². The van der Waals surface area contributed by atoms with Crippen LogP contribution in [0.5, 0.6) is 0 Å². The molecule has 21 heavy (non-hydrogen) atoms. The molecule has 0 fully saturated rings. The number of aliphatic hydroxyl groups excluding tert-OH is 1. The van der Waals surface area contributed by atoms with Gasteiger partial charge in [0.15, 0.2) is 0 Å². The fourth-order valence-electron chi connectivity index (χ4n) is 2.72. The molecule has 2 heteroatoms. The summed E-state index contributed by atoms with van der Waals surface area (Å²) in [5.74, 6) is 1.83. The molecule has 0 atom stereocenters. The Morgan fingerprint density at radius 3 is 1.24 bits per heavy atom. The van der Waals surface area contributed by atoms with E-state index in [0.717, 1.165) is 19.3 Å². The minimum absolute atomic E-state index is 0.357. The fourth-order valence-corrected chi connectivity index (χ4v) is 2.72. The van der Waals surface area contributed by atoms with Gasteiger partial charge in [-0.1, -0.05) is 83.5 Å². The maximum absolute atomic E-state index is 9.98. The Hall–Kier alpha value is -0.590. The first-order valence-corrected chi connectivity index (χ1v) is 9.22. The van der Waals surface area contributed by atoms with Crippen molar-refractivity contribution in [1.82, 2.24) is 0 Å². The molecule has 0 amide bonds. The van der Waals surface area contributed by atoms with E-state index in [0.29, 0.717) is 6.61 Å². The molecule has 0 aliphatic carbocycles. The first kappa shape index (κ1) is 20.4. The third-order valence-electron chi connectivity index (χ3n) is 4.09. The van der Waals surface area contributed by atoms with Crippen LogP contribution in [0.1, 0.15) is 103 Å². The van der Waals surface area contributed by atoms with Gasteiger partial charge in [0.05, 0.1) is 0 Å². The lowest BCUT2D eigenvalue weighted by Gasteiger charge is -2.03. The molecule has 0 bridgehead atoms. The highest BCUT2D eigenvalue weighted by molar-refractivity contribution is 5.44. The second-order valence-corrected chi connectivity index (χ2v) is 6.14. The summed E-state index contributed by atoms with van der Waals surface area (Å²) in [7, 11) is 0. The summed E-state index contributed by atoms with van der Waals surface area (Å²) < 4.78 is 0. The summed E-state index contributed by atoms with van der Waals surface area (Å²) in [6, 6.07) is 0. The van der Waals surface area contributed by atoms with Crippen LogP contribution in [0.2, 0.25) is 0 Å². The van der Waals surface area contributed by atoms with Crippen LogP contribution in [0.3, 0.4) is 0 Å². The number of hydrogen-bond donors (Lipinski definition) is 1. The number of hydrogen-bond acceptors (Lipinski definition) is 2. The van der Waals surface area contributed by atoms with E-state index in [1.807, 2.05) is 5.94 Å². The third kappa shape index (κ3) is 19.4. The lowest BCUT2D eigenvalue weighted by Crippen LogP contribution is -1.85. The summed E-state index contributed by atoms with van der Waals surface area (Å²) in [5.41, 5.74) is 0. The molecule has 2 nitrogen and oxygen atoms in total. The predicted octanol–water partition coefficient (Wildman–Crippen LogP) is 5.61. The quantitative estimate of drug-likeness (QED) is 0.280. The third-order valence-corrected chi connectivity index (χ3v) is 4.09. The fraction of sp³-hybridized carbons (Fsp3) is 0.895. The van der Waals surface area contributed by atoms with Gasteiger partial charge in [-0.05, 0) is 25.3 Å². The van der Waals surface area contributed by atoms with Crippen molar-refractivity contribution >= 4 is 5.94 Å². The molecule has 0 saturated carbocycles. The van der Waals surface area contributed by atoms with E-state index in [1.165, 1.54) is 83.5 Å². The molecule has 124 valence electrons. The van der Waals surface area contributed by atoms with Gasteiger partial charge in [0.2, 0.25) is 0 Å². The van der Waals surface area contributed by atoms with Crippen LogP contribution in [0.25, 0.3) is 0 Å². The molecule has 0 rings (SSSR count). The molecule has 1 N–H and O–H groups in total. The molecule has 0 aromatic heterocycles. The molecule has 0 heterocycles. The van der Waals surface area contributed by atoms with Crippen LogP contribution in [0.4, 0.5) is 0 Å². The zero-order chi connectivity index (χ0) is 15.4. The van der Waals surface area contributed by atoms with Crippen molar-refractivity contribution in [3.05, 3.63) is 6.08 Å². The van der Waals surface area contributed by atoms with Gasteiger partial charge in [-0.3, -0.25) is 0 Å². The average molecular weight is 296 g/mol. The van der Waals surface area contributed by atoms with E-state index in [4.69, 9.17) is 5.11 Å². The predicted molar refractivity (Wildman–Crippen MR) is 91.2 cm³/mol. The second-order valence-electron chi connectivity index (χ2n) is 6.14. The van der Waals surface area contributed by atoms with E-state index in [1.54, 1.807) is 6.08 Å². The lowest BCUT2D eigenvalue weighted by molar-refractivity contribution is 0.282. The normalized spacial score (nSPS) is 10.5. The summed E-state index contributed by atoms with van der Waals surface area (Å²) in [5, 5.41) is 8.68. The molecule has 0 aliphatic rings. The highest BCUT2D eigenvalue weighted by Gasteiger charge is 1.94. The van der Waals surface area contributed by atoms with Gasteiger partial charge in [0.25, 0.3) is 0 Å². The van der Waals surface area contributed by atoms with Crippen molar-refractivity contribution in [1.29, 1.82) is 0 Å². The Morgan fingerprint density at radius 2 is 0.905 bits per heavy atom. The van der Waals surface area contributed by atoms with Crippen molar-refractivity contribution in [2.75, 3.05) is 6.61 Å². The maximum Gasteiger partial charge on any atom is 0.120 e. The molecule has 0 aromatic carbocycles. The zero-order valence-electron chi connectivity index (χ0n) is 14.0. The first-order valence-electron chi connectivity index (χ1n) is 9.22.